The fraction of sp³-hybridized carbons (Fsp3) is 0.200. The van der Waals surface area contributed by atoms with Crippen molar-refractivity contribution in [3.8, 4) is 0 Å². The minimum atomic E-state index is -1.23. The van der Waals surface area contributed by atoms with E-state index in [4.69, 9.17) is 21.8 Å². The molecule has 0 aliphatic carbocycles. The maximum atomic E-state index is 10.8. The van der Waals surface area contributed by atoms with Gasteiger partial charge in [0, 0.05) is 0 Å². The van der Waals surface area contributed by atoms with Gasteiger partial charge in [-0.15, -0.1) is 0 Å². The molecular formula is C10H10ClNO4. The Hall–Kier alpha value is -1.75. The first kappa shape index (κ1) is 12.3. The molecule has 0 aliphatic heterocycles. The smallest absolute Gasteiger partial charge is 0.326 e. The Kier molecular flexibility index (Phi) is 4.13. The molecule has 0 saturated heterocycles. The summed E-state index contributed by atoms with van der Waals surface area (Å²) in [5, 5.41) is 20.3. The van der Waals surface area contributed by atoms with E-state index in [1.54, 1.807) is 24.3 Å². The maximum Gasteiger partial charge on any atom is 0.326 e. The molecule has 0 amide bonds. The van der Waals surface area contributed by atoms with Crippen LogP contribution in [-0.4, -0.2) is 28.2 Å². The molecule has 0 bridgehead atoms. The van der Waals surface area contributed by atoms with Crippen LogP contribution >= 0.6 is 11.6 Å². The molecule has 3 N–H and O–H groups in total. The lowest BCUT2D eigenvalue weighted by molar-refractivity contribution is -0.144. The molecule has 0 spiro atoms. The standard InChI is InChI=1S/C10H10ClNO4/c11-6-3-1-2-4-7(6)12-8(10(15)16)5-9(13)14/h1-4,8,12H,5H2,(H,13,14)(H,15,16). The summed E-state index contributed by atoms with van der Waals surface area (Å²) in [6.07, 6.45) is -0.513. The van der Waals surface area contributed by atoms with E-state index in [0.717, 1.165) is 0 Å². The molecule has 16 heavy (non-hydrogen) atoms. The highest BCUT2D eigenvalue weighted by molar-refractivity contribution is 6.33. The monoisotopic (exact) mass is 243 g/mol. The van der Waals surface area contributed by atoms with Gasteiger partial charge in [-0.05, 0) is 12.1 Å². The predicted octanol–water partition coefficient (Wildman–Crippen LogP) is 1.68. The predicted molar refractivity (Wildman–Crippen MR) is 58.8 cm³/mol. The largest absolute Gasteiger partial charge is 0.481 e. The van der Waals surface area contributed by atoms with Crippen LogP contribution in [0.2, 0.25) is 5.02 Å². The van der Waals surface area contributed by atoms with Gasteiger partial charge in [0.15, 0.2) is 0 Å². The summed E-state index contributed by atoms with van der Waals surface area (Å²) in [7, 11) is 0. The van der Waals surface area contributed by atoms with Gasteiger partial charge in [-0.25, -0.2) is 4.79 Å². The third-order valence-electron chi connectivity index (χ3n) is 1.88. The van der Waals surface area contributed by atoms with Gasteiger partial charge >= 0.3 is 11.9 Å². The van der Waals surface area contributed by atoms with E-state index in [0.29, 0.717) is 10.7 Å². The van der Waals surface area contributed by atoms with E-state index in [9.17, 15) is 9.59 Å². The highest BCUT2D eigenvalue weighted by Crippen LogP contribution is 2.21. The number of hydrogen-bond acceptors (Lipinski definition) is 3. The number of hydrogen-bond donors (Lipinski definition) is 3. The molecule has 0 radical (unpaired) electrons. The van der Waals surface area contributed by atoms with E-state index in [-0.39, 0.29) is 0 Å². The van der Waals surface area contributed by atoms with E-state index < -0.39 is 24.4 Å². The molecule has 0 fully saturated rings. The van der Waals surface area contributed by atoms with Crippen LogP contribution < -0.4 is 5.32 Å². The zero-order chi connectivity index (χ0) is 12.1. The van der Waals surface area contributed by atoms with Crippen LogP contribution in [0.3, 0.4) is 0 Å². The molecule has 0 aromatic heterocycles. The number of para-hydroxylation sites is 1. The number of carbonyl (C=O) groups is 2. The second-order valence-corrected chi connectivity index (χ2v) is 3.52. The lowest BCUT2D eigenvalue weighted by Gasteiger charge is -2.14. The summed E-state index contributed by atoms with van der Waals surface area (Å²) in [5.41, 5.74) is 0.401. The van der Waals surface area contributed by atoms with Crippen molar-refractivity contribution in [1.82, 2.24) is 0 Å². The number of anilines is 1. The number of carboxylic acid groups (broad SMARTS) is 2. The summed E-state index contributed by atoms with van der Waals surface area (Å²) in [6, 6.07) is 5.34. The van der Waals surface area contributed by atoms with E-state index >= 15 is 0 Å². The minimum Gasteiger partial charge on any atom is -0.481 e. The highest BCUT2D eigenvalue weighted by atomic mass is 35.5. The second-order valence-electron chi connectivity index (χ2n) is 3.11. The number of halogens is 1. The van der Waals surface area contributed by atoms with Gasteiger partial charge < -0.3 is 15.5 Å². The summed E-state index contributed by atoms with van der Waals surface area (Å²) in [5.74, 6) is -2.42. The first-order valence-electron chi connectivity index (χ1n) is 4.46. The van der Waals surface area contributed by atoms with Crippen molar-refractivity contribution in [3.63, 3.8) is 0 Å². The first-order chi connectivity index (χ1) is 7.50. The van der Waals surface area contributed by atoms with Crippen LogP contribution in [0.15, 0.2) is 24.3 Å². The molecule has 1 aromatic rings. The Morgan fingerprint density at radius 1 is 1.31 bits per heavy atom. The average molecular weight is 244 g/mol. The van der Waals surface area contributed by atoms with Crippen molar-refractivity contribution in [1.29, 1.82) is 0 Å². The van der Waals surface area contributed by atoms with Crippen LogP contribution in [0, 0.1) is 0 Å². The average Bonchev–Trinajstić information content (AvgIpc) is 2.19. The maximum absolute atomic E-state index is 10.8. The molecule has 86 valence electrons. The first-order valence-corrected chi connectivity index (χ1v) is 4.84. The van der Waals surface area contributed by atoms with Crippen molar-refractivity contribution in [2.45, 2.75) is 12.5 Å². The summed E-state index contributed by atoms with van der Waals surface area (Å²) >= 11 is 5.81. The Morgan fingerprint density at radius 3 is 2.44 bits per heavy atom. The number of aliphatic carboxylic acids is 2. The lowest BCUT2D eigenvalue weighted by Crippen LogP contribution is -2.31. The number of carboxylic acids is 2. The molecule has 0 heterocycles. The van der Waals surface area contributed by atoms with Gasteiger partial charge in [-0.2, -0.15) is 0 Å². The van der Waals surface area contributed by atoms with Crippen LogP contribution in [0.5, 0.6) is 0 Å². The van der Waals surface area contributed by atoms with Gasteiger partial charge in [0.1, 0.15) is 6.04 Å². The van der Waals surface area contributed by atoms with Crippen LogP contribution in [-0.2, 0) is 9.59 Å². The molecule has 1 unspecified atom stereocenters. The third-order valence-corrected chi connectivity index (χ3v) is 2.21. The van der Waals surface area contributed by atoms with Crippen LogP contribution in [0.25, 0.3) is 0 Å². The van der Waals surface area contributed by atoms with Crippen LogP contribution in [0.4, 0.5) is 5.69 Å². The number of benzene rings is 1. The van der Waals surface area contributed by atoms with E-state index in [2.05, 4.69) is 5.32 Å². The Balaban J connectivity index is 2.80. The summed E-state index contributed by atoms with van der Waals surface area (Å²) in [4.78, 5) is 21.2. The second kappa shape index (κ2) is 5.37. The molecule has 5 nitrogen and oxygen atoms in total. The Bertz CT molecular complexity index is 408. The van der Waals surface area contributed by atoms with Crippen molar-refractivity contribution in [3.05, 3.63) is 29.3 Å². The zero-order valence-corrected chi connectivity index (χ0v) is 8.94. The number of nitrogens with one attached hydrogen (secondary N) is 1. The van der Waals surface area contributed by atoms with E-state index in [1.165, 1.54) is 0 Å². The van der Waals surface area contributed by atoms with Gasteiger partial charge in [-0.1, -0.05) is 23.7 Å². The Morgan fingerprint density at radius 2 is 1.94 bits per heavy atom. The molecule has 1 rings (SSSR count). The van der Waals surface area contributed by atoms with Crippen LogP contribution in [0.1, 0.15) is 6.42 Å². The molecule has 0 aliphatic rings. The molecule has 0 saturated carbocycles. The topological polar surface area (TPSA) is 86.6 Å². The fourth-order valence-corrected chi connectivity index (χ4v) is 1.33. The minimum absolute atomic E-state index is 0.346. The SMILES string of the molecule is O=C(O)CC(Nc1ccccc1Cl)C(=O)O. The van der Waals surface area contributed by atoms with Crippen molar-refractivity contribution < 1.29 is 19.8 Å². The van der Waals surface area contributed by atoms with E-state index in [1.807, 2.05) is 0 Å². The quantitative estimate of drug-likeness (QED) is 0.732. The number of rotatable bonds is 5. The Labute approximate surface area is 96.7 Å². The lowest BCUT2D eigenvalue weighted by atomic mass is 10.2. The van der Waals surface area contributed by atoms with Gasteiger partial charge in [0.05, 0.1) is 17.1 Å². The van der Waals surface area contributed by atoms with Crippen molar-refractivity contribution >= 4 is 29.2 Å². The molecule has 6 heteroatoms. The summed E-state index contributed by atoms with van der Waals surface area (Å²) in [6.45, 7) is 0. The fourth-order valence-electron chi connectivity index (χ4n) is 1.14. The van der Waals surface area contributed by atoms with Crippen molar-refractivity contribution in [2.75, 3.05) is 5.32 Å². The molecule has 1 aromatic carbocycles. The molecule has 1 atom stereocenters. The van der Waals surface area contributed by atoms with Gasteiger partial charge in [0.2, 0.25) is 0 Å². The van der Waals surface area contributed by atoms with Gasteiger partial charge in [-0.3, -0.25) is 4.79 Å². The zero-order valence-electron chi connectivity index (χ0n) is 8.18. The van der Waals surface area contributed by atoms with Crippen molar-refractivity contribution in [2.24, 2.45) is 0 Å². The highest BCUT2D eigenvalue weighted by Gasteiger charge is 2.21. The summed E-state index contributed by atoms with van der Waals surface area (Å²) < 4.78 is 0. The van der Waals surface area contributed by atoms with Gasteiger partial charge in [0.25, 0.3) is 0 Å². The third kappa shape index (κ3) is 3.43. The normalized spacial score (nSPS) is 11.8. The molecular weight excluding hydrogens is 234 g/mol.